The van der Waals surface area contributed by atoms with Crippen molar-refractivity contribution in [3.63, 3.8) is 0 Å². The Morgan fingerprint density at radius 1 is 1.52 bits per heavy atom. The van der Waals surface area contributed by atoms with Crippen LogP contribution in [0.5, 0.6) is 0 Å². The van der Waals surface area contributed by atoms with E-state index in [1.54, 1.807) is 36.3 Å². The summed E-state index contributed by atoms with van der Waals surface area (Å²) in [6.45, 7) is 2.28. The Morgan fingerprint density at radius 2 is 2.33 bits per heavy atom. The van der Waals surface area contributed by atoms with E-state index in [2.05, 4.69) is 20.7 Å². The molecule has 1 heterocycles. The maximum absolute atomic E-state index is 12.0. The summed E-state index contributed by atoms with van der Waals surface area (Å²) in [5.74, 6) is 0. The second-order valence-electron chi connectivity index (χ2n) is 4.46. The zero-order valence-electron chi connectivity index (χ0n) is 11.7. The minimum atomic E-state index is -0.344. The molecule has 0 saturated heterocycles. The van der Waals surface area contributed by atoms with Crippen LogP contribution in [0, 0.1) is 0 Å². The van der Waals surface area contributed by atoms with Crippen molar-refractivity contribution in [2.45, 2.75) is 13.0 Å². The molecule has 2 amide bonds. The minimum absolute atomic E-state index is 0.107. The van der Waals surface area contributed by atoms with E-state index < -0.39 is 0 Å². The van der Waals surface area contributed by atoms with Gasteiger partial charge in [-0.1, -0.05) is 11.6 Å². The summed E-state index contributed by atoms with van der Waals surface area (Å²) in [7, 11) is 1.58. The number of hydrogen-bond donors (Lipinski definition) is 2. The Labute approximate surface area is 127 Å². The standard InChI is InChI=1S/C13H16ClN5O2/c1-9(6-21-2)17-13(20)18-11-5-10(14)3-4-12(11)19-8-15-7-16-19/h3-5,7-9H,6H2,1-2H3,(H2,17,18,20). The number of hydrogen-bond acceptors (Lipinski definition) is 4. The molecule has 0 radical (unpaired) electrons. The number of aromatic nitrogens is 3. The van der Waals surface area contributed by atoms with Crippen LogP contribution >= 0.6 is 11.6 Å². The number of rotatable bonds is 5. The molecule has 7 nitrogen and oxygen atoms in total. The van der Waals surface area contributed by atoms with Gasteiger partial charge in [0.2, 0.25) is 0 Å². The van der Waals surface area contributed by atoms with Crippen molar-refractivity contribution in [2.24, 2.45) is 0 Å². The summed E-state index contributed by atoms with van der Waals surface area (Å²) >= 11 is 5.98. The number of methoxy groups -OCH3 is 1. The molecule has 1 aromatic heterocycles. The van der Waals surface area contributed by atoms with E-state index in [0.717, 1.165) is 0 Å². The lowest BCUT2D eigenvalue weighted by molar-refractivity contribution is 0.173. The first-order valence-corrected chi connectivity index (χ1v) is 6.69. The smallest absolute Gasteiger partial charge is 0.319 e. The number of amides is 2. The van der Waals surface area contributed by atoms with Crippen LogP contribution in [0.2, 0.25) is 5.02 Å². The summed E-state index contributed by atoms with van der Waals surface area (Å²) in [4.78, 5) is 15.9. The largest absolute Gasteiger partial charge is 0.383 e. The molecule has 1 aromatic carbocycles. The Kier molecular flexibility index (Phi) is 5.13. The molecule has 0 aliphatic heterocycles. The summed E-state index contributed by atoms with van der Waals surface area (Å²) < 4.78 is 6.52. The predicted octanol–water partition coefficient (Wildman–Crippen LogP) is 2.08. The van der Waals surface area contributed by atoms with E-state index in [9.17, 15) is 4.79 Å². The molecule has 1 unspecified atom stereocenters. The molecular formula is C13H16ClN5O2. The lowest BCUT2D eigenvalue weighted by atomic mass is 10.2. The van der Waals surface area contributed by atoms with Gasteiger partial charge in [-0.15, -0.1) is 0 Å². The number of anilines is 1. The van der Waals surface area contributed by atoms with Gasteiger partial charge in [0, 0.05) is 12.1 Å². The highest BCUT2D eigenvalue weighted by atomic mass is 35.5. The molecule has 0 bridgehead atoms. The van der Waals surface area contributed by atoms with Crippen molar-refractivity contribution < 1.29 is 9.53 Å². The molecule has 2 N–H and O–H groups in total. The molecule has 112 valence electrons. The third kappa shape index (κ3) is 4.17. The third-order valence-corrected chi connectivity index (χ3v) is 2.90. The molecule has 21 heavy (non-hydrogen) atoms. The average Bonchev–Trinajstić information content (AvgIpc) is 2.92. The third-order valence-electron chi connectivity index (χ3n) is 2.67. The molecule has 0 saturated carbocycles. The van der Waals surface area contributed by atoms with Crippen molar-refractivity contribution >= 4 is 23.3 Å². The SMILES string of the molecule is COCC(C)NC(=O)Nc1cc(Cl)ccc1-n1cncn1. The fourth-order valence-corrected chi connectivity index (χ4v) is 1.99. The van der Waals surface area contributed by atoms with Gasteiger partial charge in [0.15, 0.2) is 0 Å². The molecular weight excluding hydrogens is 294 g/mol. The van der Waals surface area contributed by atoms with E-state index in [1.165, 1.54) is 6.33 Å². The summed E-state index contributed by atoms with van der Waals surface area (Å²) in [5.41, 5.74) is 1.21. The first-order valence-electron chi connectivity index (χ1n) is 6.31. The fraction of sp³-hybridized carbons (Fsp3) is 0.308. The minimum Gasteiger partial charge on any atom is -0.383 e. The summed E-state index contributed by atoms with van der Waals surface area (Å²) in [5, 5.41) is 10.1. The highest BCUT2D eigenvalue weighted by Gasteiger charge is 2.11. The number of halogens is 1. The van der Waals surface area contributed by atoms with Crippen molar-refractivity contribution in [1.82, 2.24) is 20.1 Å². The number of nitrogens with one attached hydrogen (secondary N) is 2. The van der Waals surface area contributed by atoms with E-state index in [-0.39, 0.29) is 12.1 Å². The highest BCUT2D eigenvalue weighted by molar-refractivity contribution is 6.31. The number of urea groups is 1. The van der Waals surface area contributed by atoms with Gasteiger partial charge < -0.3 is 15.4 Å². The quantitative estimate of drug-likeness (QED) is 0.886. The van der Waals surface area contributed by atoms with E-state index in [0.29, 0.717) is 23.0 Å². The van der Waals surface area contributed by atoms with Gasteiger partial charge in [-0.3, -0.25) is 0 Å². The molecule has 8 heteroatoms. The van der Waals surface area contributed by atoms with Gasteiger partial charge in [-0.2, -0.15) is 5.10 Å². The lowest BCUT2D eigenvalue weighted by Gasteiger charge is -2.15. The number of ether oxygens (including phenoxy) is 1. The van der Waals surface area contributed by atoms with Crippen LogP contribution in [0.4, 0.5) is 10.5 Å². The van der Waals surface area contributed by atoms with Crippen molar-refractivity contribution in [3.8, 4) is 5.69 Å². The van der Waals surface area contributed by atoms with Crippen LogP contribution in [0.1, 0.15) is 6.92 Å². The van der Waals surface area contributed by atoms with Gasteiger partial charge in [-0.05, 0) is 25.1 Å². The highest BCUT2D eigenvalue weighted by Crippen LogP contribution is 2.23. The average molecular weight is 310 g/mol. The molecule has 0 aliphatic carbocycles. The molecule has 2 rings (SSSR count). The normalized spacial score (nSPS) is 12.0. The van der Waals surface area contributed by atoms with Gasteiger partial charge in [0.25, 0.3) is 0 Å². The molecule has 2 aromatic rings. The van der Waals surface area contributed by atoms with Crippen LogP contribution in [-0.2, 0) is 4.74 Å². The molecule has 1 atom stereocenters. The van der Waals surface area contributed by atoms with Crippen LogP contribution in [0.3, 0.4) is 0 Å². The van der Waals surface area contributed by atoms with Crippen LogP contribution in [0.15, 0.2) is 30.9 Å². The second-order valence-corrected chi connectivity index (χ2v) is 4.89. The maximum Gasteiger partial charge on any atom is 0.319 e. The van der Waals surface area contributed by atoms with E-state index in [1.807, 2.05) is 6.92 Å². The zero-order chi connectivity index (χ0) is 15.2. The van der Waals surface area contributed by atoms with E-state index >= 15 is 0 Å². The van der Waals surface area contributed by atoms with Gasteiger partial charge in [0.05, 0.1) is 24.0 Å². The Balaban J connectivity index is 2.15. The maximum atomic E-state index is 12.0. The fourth-order valence-electron chi connectivity index (χ4n) is 1.81. The van der Waals surface area contributed by atoms with Crippen molar-refractivity contribution in [3.05, 3.63) is 35.9 Å². The van der Waals surface area contributed by atoms with Gasteiger partial charge >= 0.3 is 6.03 Å². The number of carbonyl (C=O) groups is 1. The first-order chi connectivity index (χ1) is 10.1. The number of nitrogens with zero attached hydrogens (tertiary/aromatic N) is 3. The van der Waals surface area contributed by atoms with E-state index in [4.69, 9.17) is 16.3 Å². The molecule has 0 fully saturated rings. The number of carbonyl (C=O) groups excluding carboxylic acids is 1. The van der Waals surface area contributed by atoms with Crippen LogP contribution in [0.25, 0.3) is 5.69 Å². The Bertz CT molecular complexity index is 603. The van der Waals surface area contributed by atoms with Gasteiger partial charge in [-0.25, -0.2) is 14.5 Å². The first kappa shape index (κ1) is 15.3. The second kappa shape index (κ2) is 7.05. The van der Waals surface area contributed by atoms with Gasteiger partial charge in [0.1, 0.15) is 12.7 Å². The van der Waals surface area contributed by atoms with Crippen LogP contribution in [-0.4, -0.2) is 40.6 Å². The van der Waals surface area contributed by atoms with Crippen molar-refractivity contribution in [1.29, 1.82) is 0 Å². The molecule has 0 spiro atoms. The van der Waals surface area contributed by atoms with Crippen LogP contribution < -0.4 is 10.6 Å². The molecule has 0 aliphatic rings. The topological polar surface area (TPSA) is 81.1 Å². The zero-order valence-corrected chi connectivity index (χ0v) is 12.5. The lowest BCUT2D eigenvalue weighted by Crippen LogP contribution is -2.38. The summed E-state index contributed by atoms with van der Waals surface area (Å²) in [6.07, 6.45) is 2.96. The van der Waals surface area contributed by atoms with Crippen molar-refractivity contribution in [2.75, 3.05) is 19.0 Å². The number of benzene rings is 1. The summed E-state index contributed by atoms with van der Waals surface area (Å²) in [6, 6.07) is 4.67. The Morgan fingerprint density at radius 3 is 3.00 bits per heavy atom. The monoisotopic (exact) mass is 309 g/mol. The predicted molar refractivity (Wildman–Crippen MR) is 79.9 cm³/mol. The Hall–Kier alpha value is -2.12.